The van der Waals surface area contributed by atoms with Gasteiger partial charge in [0.05, 0.1) is 6.42 Å². The lowest BCUT2D eigenvalue weighted by molar-refractivity contribution is 0.0753. The Morgan fingerprint density at radius 1 is 1.19 bits per heavy atom. The summed E-state index contributed by atoms with van der Waals surface area (Å²) < 4.78 is 0.904. The molecule has 3 nitrogen and oxygen atoms in total. The summed E-state index contributed by atoms with van der Waals surface area (Å²) in [6.45, 7) is 0. The molecule has 1 atom stereocenters. The lowest BCUT2D eigenvalue weighted by Gasteiger charge is -2.22. The van der Waals surface area contributed by atoms with E-state index >= 15 is 0 Å². The zero-order valence-electron chi connectivity index (χ0n) is 11.0. The van der Waals surface area contributed by atoms with Crippen molar-refractivity contribution in [3.8, 4) is 0 Å². The summed E-state index contributed by atoms with van der Waals surface area (Å²) in [4.78, 5) is 12.7. The molecule has 1 heterocycles. The molecule has 3 rings (SSSR count). The molecule has 21 heavy (non-hydrogen) atoms. The average molecular weight is 362 g/mol. The molecular formula is C16H12BrNO2S. The third-order valence-electron chi connectivity index (χ3n) is 3.58. The van der Waals surface area contributed by atoms with Crippen LogP contribution in [0, 0.1) is 0 Å². The zero-order valence-corrected chi connectivity index (χ0v) is 13.4. The molecule has 1 aliphatic heterocycles. The maximum atomic E-state index is 12.4. The van der Waals surface area contributed by atoms with Crippen molar-refractivity contribution >= 4 is 44.6 Å². The Bertz CT molecular complexity index is 729. The molecule has 2 N–H and O–H groups in total. The van der Waals surface area contributed by atoms with Crippen molar-refractivity contribution in [3.63, 3.8) is 0 Å². The first-order valence-electron chi connectivity index (χ1n) is 6.43. The predicted octanol–water partition coefficient (Wildman–Crippen LogP) is 3.66. The highest BCUT2D eigenvalue weighted by Crippen LogP contribution is 2.39. The number of halogens is 1. The minimum absolute atomic E-state index is 0.0719. The molecule has 0 saturated carbocycles. The van der Waals surface area contributed by atoms with E-state index in [-0.39, 0.29) is 17.2 Å². The Morgan fingerprint density at radius 2 is 1.86 bits per heavy atom. The number of carbonyl (C=O) groups is 1. The molecule has 0 amide bonds. The van der Waals surface area contributed by atoms with Crippen molar-refractivity contribution in [3.05, 3.63) is 64.1 Å². The predicted molar refractivity (Wildman–Crippen MR) is 89.6 cm³/mol. The summed E-state index contributed by atoms with van der Waals surface area (Å²) in [7, 11) is 0. The highest BCUT2D eigenvalue weighted by atomic mass is 79.9. The van der Waals surface area contributed by atoms with Gasteiger partial charge in [-0.1, -0.05) is 58.5 Å². The first-order valence-corrected chi connectivity index (χ1v) is 7.63. The number of anilines is 1. The summed E-state index contributed by atoms with van der Waals surface area (Å²) >= 11 is 8.56. The molecule has 0 aliphatic carbocycles. The Morgan fingerprint density at radius 3 is 2.57 bits per heavy atom. The minimum Gasteiger partial charge on any atom is -0.377 e. The van der Waals surface area contributed by atoms with Crippen molar-refractivity contribution < 1.29 is 9.90 Å². The molecule has 0 saturated heterocycles. The quantitative estimate of drug-likeness (QED) is 0.646. The summed E-state index contributed by atoms with van der Waals surface area (Å²) in [5.41, 5.74) is 0.531. The molecule has 2 aromatic carbocycles. The fourth-order valence-electron chi connectivity index (χ4n) is 2.45. The van der Waals surface area contributed by atoms with Crippen LogP contribution < -0.4 is 5.32 Å². The fourth-order valence-corrected chi connectivity index (χ4v) is 3.00. The number of rotatable bonds is 3. The van der Waals surface area contributed by atoms with Gasteiger partial charge in [0.15, 0.2) is 5.78 Å². The monoisotopic (exact) mass is 361 g/mol. The Kier molecular flexibility index (Phi) is 3.65. The van der Waals surface area contributed by atoms with Crippen LogP contribution in [-0.4, -0.2) is 15.9 Å². The number of aliphatic hydroxyl groups is 1. The van der Waals surface area contributed by atoms with Crippen molar-refractivity contribution in [2.45, 2.75) is 12.0 Å². The number of fused-ring (bicyclic) bond motifs is 1. The Labute approximate surface area is 136 Å². The molecule has 0 radical (unpaired) electrons. The first-order chi connectivity index (χ1) is 10.0. The van der Waals surface area contributed by atoms with Crippen LogP contribution in [0.3, 0.4) is 0 Å². The van der Waals surface area contributed by atoms with E-state index in [1.807, 2.05) is 18.2 Å². The number of hydrogen-bond acceptors (Lipinski definition) is 3. The van der Waals surface area contributed by atoms with Gasteiger partial charge in [0.25, 0.3) is 0 Å². The zero-order chi connectivity index (χ0) is 15.0. The topological polar surface area (TPSA) is 49.3 Å². The standard InChI is InChI=1S/C16H12BrNO2S/c17-11-7-5-10(6-8-11)14(19)9-16(20)12-3-1-2-4-13(12)18-15(16)21/h1-8,20H,9H2,(H,18,21). The van der Waals surface area contributed by atoms with Crippen LogP contribution in [0.15, 0.2) is 53.0 Å². The van der Waals surface area contributed by atoms with Crippen molar-refractivity contribution in [1.82, 2.24) is 0 Å². The van der Waals surface area contributed by atoms with Gasteiger partial charge in [0, 0.05) is 21.3 Å². The van der Waals surface area contributed by atoms with Crippen LogP contribution in [0.1, 0.15) is 22.3 Å². The summed E-state index contributed by atoms with van der Waals surface area (Å²) in [5, 5.41) is 13.8. The summed E-state index contributed by atoms with van der Waals surface area (Å²) in [6.07, 6.45) is -0.0719. The number of thiocarbonyl (C=S) groups is 1. The maximum absolute atomic E-state index is 12.4. The van der Waals surface area contributed by atoms with Gasteiger partial charge >= 0.3 is 0 Å². The minimum atomic E-state index is -1.43. The number of para-hydroxylation sites is 1. The highest BCUT2D eigenvalue weighted by molar-refractivity contribution is 9.10. The van der Waals surface area contributed by atoms with E-state index in [1.54, 1.807) is 30.3 Å². The van der Waals surface area contributed by atoms with Gasteiger partial charge in [-0.2, -0.15) is 0 Å². The van der Waals surface area contributed by atoms with Crippen molar-refractivity contribution in [2.24, 2.45) is 0 Å². The maximum Gasteiger partial charge on any atom is 0.166 e. The van der Waals surface area contributed by atoms with E-state index in [1.165, 1.54) is 0 Å². The van der Waals surface area contributed by atoms with E-state index < -0.39 is 5.60 Å². The van der Waals surface area contributed by atoms with E-state index in [9.17, 15) is 9.90 Å². The van der Waals surface area contributed by atoms with Gasteiger partial charge in [-0.05, 0) is 18.2 Å². The van der Waals surface area contributed by atoms with Gasteiger partial charge in [0.2, 0.25) is 0 Å². The molecule has 106 valence electrons. The largest absolute Gasteiger partial charge is 0.377 e. The molecule has 0 aromatic heterocycles. The van der Waals surface area contributed by atoms with Crippen LogP contribution >= 0.6 is 28.1 Å². The van der Waals surface area contributed by atoms with Crippen LogP contribution in [-0.2, 0) is 5.60 Å². The van der Waals surface area contributed by atoms with Crippen molar-refractivity contribution in [1.29, 1.82) is 0 Å². The third kappa shape index (κ3) is 2.52. The van der Waals surface area contributed by atoms with Crippen LogP contribution in [0.25, 0.3) is 0 Å². The number of nitrogens with one attached hydrogen (secondary N) is 1. The molecule has 0 spiro atoms. The lowest BCUT2D eigenvalue weighted by Crippen LogP contribution is -2.35. The molecule has 0 bridgehead atoms. The van der Waals surface area contributed by atoms with E-state index in [0.717, 1.165) is 10.2 Å². The van der Waals surface area contributed by atoms with Gasteiger partial charge in [-0.3, -0.25) is 4.79 Å². The second-order valence-electron chi connectivity index (χ2n) is 4.97. The normalized spacial score (nSPS) is 20.0. The molecule has 1 aliphatic rings. The average Bonchev–Trinajstić information content (AvgIpc) is 2.71. The second kappa shape index (κ2) is 5.33. The third-order valence-corrected chi connectivity index (χ3v) is 4.55. The molecule has 5 heteroatoms. The number of Topliss-reactive ketones (excluding diaryl/α,β-unsaturated/α-hetero) is 1. The van der Waals surface area contributed by atoms with E-state index in [2.05, 4.69) is 21.2 Å². The number of carbonyl (C=O) groups excluding carboxylic acids is 1. The van der Waals surface area contributed by atoms with Crippen LogP contribution in [0.2, 0.25) is 0 Å². The van der Waals surface area contributed by atoms with Crippen LogP contribution in [0.4, 0.5) is 5.69 Å². The van der Waals surface area contributed by atoms with Crippen molar-refractivity contribution in [2.75, 3.05) is 5.32 Å². The Hall–Kier alpha value is -1.56. The highest BCUT2D eigenvalue weighted by Gasteiger charge is 2.43. The summed E-state index contributed by atoms with van der Waals surface area (Å²) in [5.74, 6) is -0.147. The smallest absolute Gasteiger partial charge is 0.166 e. The molecule has 0 fully saturated rings. The number of hydrogen-bond donors (Lipinski definition) is 2. The van der Waals surface area contributed by atoms with Gasteiger partial charge in [0.1, 0.15) is 10.6 Å². The molecule has 1 unspecified atom stereocenters. The van der Waals surface area contributed by atoms with Crippen LogP contribution in [0.5, 0.6) is 0 Å². The SMILES string of the molecule is O=C(CC1(O)C(=S)Nc2ccccc21)c1ccc(Br)cc1. The van der Waals surface area contributed by atoms with E-state index in [4.69, 9.17) is 12.2 Å². The second-order valence-corrected chi connectivity index (χ2v) is 6.29. The molecular weight excluding hydrogens is 350 g/mol. The number of benzene rings is 2. The number of ketones is 1. The van der Waals surface area contributed by atoms with Gasteiger partial charge in [-0.25, -0.2) is 0 Å². The van der Waals surface area contributed by atoms with E-state index in [0.29, 0.717) is 11.1 Å². The fraction of sp³-hybridized carbons (Fsp3) is 0.125. The lowest BCUT2D eigenvalue weighted by atomic mass is 9.88. The first kappa shape index (κ1) is 14.4. The molecule has 2 aromatic rings. The Balaban J connectivity index is 1.92. The summed E-state index contributed by atoms with van der Waals surface area (Å²) in [6, 6.07) is 14.4. The van der Waals surface area contributed by atoms with Gasteiger partial charge < -0.3 is 10.4 Å². The van der Waals surface area contributed by atoms with Gasteiger partial charge in [-0.15, -0.1) is 0 Å².